The number of benzene rings is 1. The summed E-state index contributed by atoms with van der Waals surface area (Å²) in [6.07, 6.45) is 2.44. The Hall–Kier alpha value is -2.13. The molecule has 20 heavy (non-hydrogen) atoms. The van der Waals surface area contributed by atoms with Gasteiger partial charge in [0.15, 0.2) is 5.13 Å². The van der Waals surface area contributed by atoms with Crippen molar-refractivity contribution in [3.8, 4) is 6.07 Å². The second-order valence-corrected chi connectivity index (χ2v) is 5.93. The Morgan fingerprint density at radius 3 is 3.05 bits per heavy atom. The first-order valence-corrected chi connectivity index (χ1v) is 7.34. The van der Waals surface area contributed by atoms with Gasteiger partial charge < -0.3 is 10.6 Å². The Labute approximate surface area is 120 Å². The van der Waals surface area contributed by atoms with Gasteiger partial charge in [-0.3, -0.25) is 4.79 Å². The fourth-order valence-electron chi connectivity index (χ4n) is 2.25. The van der Waals surface area contributed by atoms with Gasteiger partial charge in [-0.05, 0) is 31.0 Å². The van der Waals surface area contributed by atoms with E-state index in [1.54, 1.807) is 6.07 Å². The molecule has 0 aliphatic heterocycles. The zero-order valence-corrected chi connectivity index (χ0v) is 11.7. The summed E-state index contributed by atoms with van der Waals surface area (Å²) in [5.41, 5.74) is 7.14. The van der Waals surface area contributed by atoms with Crippen LogP contribution in [0.1, 0.15) is 29.6 Å². The molecule has 0 saturated heterocycles. The molecule has 0 unspecified atom stereocenters. The molecule has 0 atom stereocenters. The van der Waals surface area contributed by atoms with Gasteiger partial charge in [0, 0.05) is 18.2 Å². The summed E-state index contributed by atoms with van der Waals surface area (Å²) in [5.74, 6) is -0.00313. The molecule has 6 heteroatoms. The van der Waals surface area contributed by atoms with Crippen molar-refractivity contribution in [2.75, 3.05) is 12.3 Å². The minimum Gasteiger partial charge on any atom is -0.375 e. The van der Waals surface area contributed by atoms with Crippen molar-refractivity contribution in [2.45, 2.75) is 25.3 Å². The Balaban J connectivity index is 1.88. The number of thiazole rings is 1. The summed E-state index contributed by atoms with van der Waals surface area (Å²) < 4.78 is 0.921. The molecule has 1 saturated carbocycles. The van der Waals surface area contributed by atoms with Crippen molar-refractivity contribution in [3.63, 3.8) is 0 Å². The maximum absolute atomic E-state index is 12.6. The number of carbonyl (C=O) groups is 1. The third-order valence-electron chi connectivity index (χ3n) is 3.36. The molecule has 0 bridgehead atoms. The van der Waals surface area contributed by atoms with Crippen LogP contribution in [0.5, 0.6) is 0 Å². The maximum Gasteiger partial charge on any atom is 0.254 e. The van der Waals surface area contributed by atoms with Crippen LogP contribution in [0, 0.1) is 11.3 Å². The number of anilines is 1. The van der Waals surface area contributed by atoms with E-state index in [-0.39, 0.29) is 5.91 Å². The van der Waals surface area contributed by atoms with E-state index in [1.807, 2.05) is 17.0 Å². The molecular formula is C14H14N4OS. The zero-order valence-electron chi connectivity index (χ0n) is 10.9. The number of hydrogen-bond donors (Lipinski definition) is 1. The standard InChI is InChI=1S/C14H14N4OS/c15-6-1-7-18(10-3-4-10)13(19)9-2-5-11-12(8-9)20-14(16)17-11/h2,5,8,10H,1,3-4,7H2,(H2,16,17). The van der Waals surface area contributed by atoms with Crippen molar-refractivity contribution in [1.82, 2.24) is 9.88 Å². The van der Waals surface area contributed by atoms with Crippen LogP contribution in [0.2, 0.25) is 0 Å². The predicted molar refractivity (Wildman–Crippen MR) is 78.3 cm³/mol. The number of nitriles is 1. The third-order valence-corrected chi connectivity index (χ3v) is 4.21. The number of nitrogens with two attached hydrogens (primary N) is 1. The van der Waals surface area contributed by atoms with Gasteiger partial charge in [-0.25, -0.2) is 4.98 Å². The van der Waals surface area contributed by atoms with Gasteiger partial charge >= 0.3 is 0 Å². The molecule has 0 radical (unpaired) electrons. The number of hydrogen-bond acceptors (Lipinski definition) is 5. The molecule has 0 spiro atoms. The molecule has 5 nitrogen and oxygen atoms in total. The Kier molecular flexibility index (Phi) is 3.28. The van der Waals surface area contributed by atoms with E-state index in [9.17, 15) is 4.79 Å². The van der Waals surface area contributed by atoms with Crippen molar-refractivity contribution in [3.05, 3.63) is 23.8 Å². The number of carbonyl (C=O) groups excluding carboxylic acids is 1. The normalized spacial score (nSPS) is 14.2. The summed E-state index contributed by atoms with van der Waals surface area (Å²) in [5, 5.41) is 9.21. The molecule has 1 aliphatic rings. The fourth-order valence-corrected chi connectivity index (χ4v) is 3.02. The van der Waals surface area contributed by atoms with E-state index >= 15 is 0 Å². The van der Waals surface area contributed by atoms with Crippen LogP contribution >= 0.6 is 11.3 Å². The quantitative estimate of drug-likeness (QED) is 0.935. The largest absolute Gasteiger partial charge is 0.375 e. The molecule has 1 heterocycles. The first-order chi connectivity index (χ1) is 9.69. The van der Waals surface area contributed by atoms with Crippen LogP contribution in [0.4, 0.5) is 5.13 Å². The van der Waals surface area contributed by atoms with Gasteiger partial charge in [0.1, 0.15) is 0 Å². The van der Waals surface area contributed by atoms with Crippen LogP contribution < -0.4 is 5.73 Å². The third kappa shape index (κ3) is 2.45. The molecule has 1 aromatic carbocycles. The second-order valence-electron chi connectivity index (χ2n) is 4.87. The predicted octanol–water partition coefficient (Wildman–Crippen LogP) is 2.40. The Morgan fingerprint density at radius 2 is 2.35 bits per heavy atom. The number of nitrogen functional groups attached to an aromatic ring is 1. The van der Waals surface area contributed by atoms with E-state index in [0.29, 0.717) is 29.7 Å². The summed E-state index contributed by atoms with van der Waals surface area (Å²) >= 11 is 1.38. The van der Waals surface area contributed by atoms with Gasteiger partial charge in [-0.15, -0.1) is 0 Å². The SMILES string of the molecule is N#CCCN(C(=O)c1ccc2nc(N)sc2c1)C1CC1. The average Bonchev–Trinajstić information content (AvgIpc) is 3.19. The van der Waals surface area contributed by atoms with Crippen molar-refractivity contribution in [2.24, 2.45) is 0 Å². The highest BCUT2D eigenvalue weighted by Gasteiger charge is 2.32. The monoisotopic (exact) mass is 286 g/mol. The summed E-state index contributed by atoms with van der Waals surface area (Å²) in [6.45, 7) is 0.503. The lowest BCUT2D eigenvalue weighted by molar-refractivity contribution is 0.0747. The highest BCUT2D eigenvalue weighted by molar-refractivity contribution is 7.22. The first kappa shape index (κ1) is 12.9. The van der Waals surface area contributed by atoms with E-state index in [2.05, 4.69) is 11.1 Å². The van der Waals surface area contributed by atoms with E-state index in [1.165, 1.54) is 11.3 Å². The summed E-state index contributed by atoms with van der Waals surface area (Å²) in [6, 6.07) is 7.85. The Morgan fingerprint density at radius 1 is 1.55 bits per heavy atom. The number of rotatable bonds is 4. The number of amides is 1. The molecule has 1 amide bonds. The van der Waals surface area contributed by atoms with Crippen LogP contribution in [-0.4, -0.2) is 28.4 Å². The van der Waals surface area contributed by atoms with Crippen molar-refractivity contribution < 1.29 is 4.79 Å². The molecule has 1 fully saturated rings. The number of fused-ring (bicyclic) bond motifs is 1. The zero-order chi connectivity index (χ0) is 14.1. The first-order valence-electron chi connectivity index (χ1n) is 6.53. The van der Waals surface area contributed by atoms with Crippen LogP contribution in [0.3, 0.4) is 0 Å². The molecule has 102 valence electrons. The van der Waals surface area contributed by atoms with Crippen LogP contribution in [0.25, 0.3) is 10.2 Å². The second kappa shape index (κ2) is 5.10. The highest BCUT2D eigenvalue weighted by atomic mass is 32.1. The minimum absolute atomic E-state index is 0.00313. The lowest BCUT2D eigenvalue weighted by Crippen LogP contribution is -2.33. The molecule has 2 N–H and O–H groups in total. The van der Waals surface area contributed by atoms with Gasteiger partial charge in [0.25, 0.3) is 5.91 Å². The van der Waals surface area contributed by atoms with Crippen LogP contribution in [-0.2, 0) is 0 Å². The highest BCUT2D eigenvalue weighted by Crippen LogP contribution is 2.30. The molecular weight excluding hydrogens is 272 g/mol. The number of aromatic nitrogens is 1. The molecule has 1 aromatic heterocycles. The summed E-state index contributed by atoms with van der Waals surface area (Å²) in [4.78, 5) is 18.6. The van der Waals surface area contributed by atoms with E-state index in [4.69, 9.17) is 11.0 Å². The summed E-state index contributed by atoms with van der Waals surface area (Å²) in [7, 11) is 0. The topological polar surface area (TPSA) is 83.0 Å². The van der Waals surface area contributed by atoms with Crippen molar-refractivity contribution in [1.29, 1.82) is 5.26 Å². The average molecular weight is 286 g/mol. The lowest BCUT2D eigenvalue weighted by atomic mass is 10.2. The van der Waals surface area contributed by atoms with Gasteiger partial charge in [0.2, 0.25) is 0 Å². The molecule has 3 rings (SSSR count). The molecule has 1 aliphatic carbocycles. The number of nitrogens with zero attached hydrogens (tertiary/aromatic N) is 3. The van der Waals surface area contributed by atoms with Gasteiger partial charge in [-0.2, -0.15) is 5.26 Å². The van der Waals surface area contributed by atoms with E-state index in [0.717, 1.165) is 23.1 Å². The van der Waals surface area contributed by atoms with Crippen molar-refractivity contribution >= 4 is 32.6 Å². The minimum atomic E-state index is -0.00313. The maximum atomic E-state index is 12.6. The lowest BCUT2D eigenvalue weighted by Gasteiger charge is -2.21. The smallest absolute Gasteiger partial charge is 0.254 e. The van der Waals surface area contributed by atoms with Crippen LogP contribution in [0.15, 0.2) is 18.2 Å². The van der Waals surface area contributed by atoms with Gasteiger partial charge in [0.05, 0.1) is 22.7 Å². The molecule has 2 aromatic rings. The van der Waals surface area contributed by atoms with E-state index < -0.39 is 0 Å². The van der Waals surface area contributed by atoms with Gasteiger partial charge in [-0.1, -0.05) is 11.3 Å². The fraction of sp³-hybridized carbons (Fsp3) is 0.357. The Bertz CT molecular complexity index is 699.